The van der Waals surface area contributed by atoms with Gasteiger partial charge in [-0.3, -0.25) is 14.0 Å². The van der Waals surface area contributed by atoms with Crippen molar-refractivity contribution >= 4 is 61.2 Å². The standard InChI is InChI=1S/C28H34N4O5S3.C2HF3O2/c1-3-36-15-14-32(40(34,35)25-9-6-16-38-25)24-8-5-7-21-17-23(30-26(21)24)27-29-18-22(39-27)19-31-12-10-20(11-13-31)28(33)37-4-2;3-2(4,5)1(6)7/h5-9,16-18,20,30H,3-4,10-15,19H2,1-2H3;(H,6,7). The van der Waals surface area contributed by atoms with Gasteiger partial charge in [-0.15, -0.1) is 22.7 Å². The van der Waals surface area contributed by atoms with Crippen LogP contribution in [0.3, 0.4) is 0 Å². The molecule has 4 heterocycles. The summed E-state index contributed by atoms with van der Waals surface area (Å²) in [6.07, 6.45) is -1.56. The number of nitrogens with zero attached hydrogens (tertiary/aromatic N) is 3. The Hall–Kier alpha value is -3.51. The Labute approximate surface area is 278 Å². The number of nitrogens with one attached hydrogen (secondary N) is 1. The minimum atomic E-state index is -5.08. The van der Waals surface area contributed by atoms with Crippen molar-refractivity contribution in [1.29, 1.82) is 0 Å². The Morgan fingerprint density at radius 3 is 2.49 bits per heavy atom. The molecule has 0 radical (unpaired) electrons. The van der Waals surface area contributed by atoms with Gasteiger partial charge >= 0.3 is 18.1 Å². The van der Waals surface area contributed by atoms with E-state index in [-0.39, 0.29) is 25.0 Å². The maximum absolute atomic E-state index is 13.6. The van der Waals surface area contributed by atoms with Crippen LogP contribution in [0.2, 0.25) is 0 Å². The van der Waals surface area contributed by atoms with Crippen molar-refractivity contribution in [2.24, 2.45) is 5.92 Å². The lowest BCUT2D eigenvalue weighted by Gasteiger charge is -2.30. The minimum absolute atomic E-state index is 0.00880. The number of hydrogen-bond donors (Lipinski definition) is 2. The van der Waals surface area contributed by atoms with Crippen LogP contribution in [-0.4, -0.2) is 86.0 Å². The number of esters is 1. The number of carboxylic acids is 1. The number of benzene rings is 1. The van der Waals surface area contributed by atoms with Gasteiger partial charge < -0.3 is 19.6 Å². The van der Waals surface area contributed by atoms with Gasteiger partial charge in [0.05, 0.1) is 42.6 Å². The van der Waals surface area contributed by atoms with Crippen molar-refractivity contribution in [2.75, 3.05) is 43.8 Å². The smallest absolute Gasteiger partial charge is 0.475 e. The lowest BCUT2D eigenvalue weighted by atomic mass is 9.97. The largest absolute Gasteiger partial charge is 0.490 e. The molecule has 1 saturated heterocycles. The van der Waals surface area contributed by atoms with Crippen LogP contribution < -0.4 is 4.31 Å². The minimum Gasteiger partial charge on any atom is -0.475 e. The summed E-state index contributed by atoms with van der Waals surface area (Å²) in [7, 11) is -3.76. The highest BCUT2D eigenvalue weighted by atomic mass is 32.2. The van der Waals surface area contributed by atoms with E-state index in [2.05, 4.69) is 14.9 Å². The summed E-state index contributed by atoms with van der Waals surface area (Å²) in [5, 5.41) is 10.7. The van der Waals surface area contributed by atoms with E-state index in [1.54, 1.807) is 28.8 Å². The van der Waals surface area contributed by atoms with Gasteiger partial charge in [-0.05, 0) is 63.4 Å². The van der Waals surface area contributed by atoms with E-state index in [0.29, 0.717) is 23.1 Å². The van der Waals surface area contributed by atoms with Gasteiger partial charge in [0, 0.05) is 29.6 Å². The molecule has 11 nitrogen and oxygen atoms in total. The number of anilines is 1. The number of sulfonamides is 1. The average molecular weight is 717 g/mol. The molecular formula is C30H35F3N4O7S3. The third-order valence-electron chi connectivity index (χ3n) is 7.20. The van der Waals surface area contributed by atoms with Gasteiger partial charge in [0.1, 0.15) is 9.22 Å². The zero-order valence-electron chi connectivity index (χ0n) is 25.7. The number of thiophene rings is 1. The summed E-state index contributed by atoms with van der Waals surface area (Å²) in [4.78, 5) is 32.6. The summed E-state index contributed by atoms with van der Waals surface area (Å²) < 4.78 is 71.4. The van der Waals surface area contributed by atoms with Crippen LogP contribution in [0.25, 0.3) is 21.6 Å². The van der Waals surface area contributed by atoms with Crippen LogP contribution >= 0.6 is 22.7 Å². The van der Waals surface area contributed by atoms with E-state index in [1.165, 1.54) is 15.6 Å². The van der Waals surface area contributed by atoms with Gasteiger partial charge in [0.2, 0.25) is 0 Å². The number of fused-ring (bicyclic) bond motifs is 1. The number of likely N-dealkylation sites (tertiary alicyclic amines) is 1. The Balaban J connectivity index is 0.000000644. The lowest BCUT2D eigenvalue weighted by molar-refractivity contribution is -0.192. The van der Waals surface area contributed by atoms with E-state index in [1.807, 2.05) is 44.3 Å². The number of carbonyl (C=O) groups excluding carboxylic acids is 1. The van der Waals surface area contributed by atoms with Crippen LogP contribution in [0.5, 0.6) is 0 Å². The van der Waals surface area contributed by atoms with E-state index in [9.17, 15) is 26.4 Å². The van der Waals surface area contributed by atoms with E-state index in [4.69, 9.17) is 19.4 Å². The SMILES string of the molecule is CCOCCN(c1cccc2cc(-c3ncc(CN4CCC(C(=O)OCC)CC4)s3)[nH]c12)S(=O)(=O)c1cccs1.O=C(O)C(F)(F)F. The number of alkyl halides is 3. The Bertz CT molecular complexity index is 1730. The predicted octanol–water partition coefficient (Wildman–Crippen LogP) is 5.99. The van der Waals surface area contributed by atoms with Gasteiger partial charge in [0.25, 0.3) is 10.0 Å². The van der Waals surface area contributed by atoms with Crippen LogP contribution in [0.15, 0.2) is 52.2 Å². The third kappa shape index (κ3) is 9.31. The number of aromatic nitrogens is 2. The van der Waals surface area contributed by atoms with E-state index >= 15 is 0 Å². The monoisotopic (exact) mass is 716 g/mol. The number of rotatable bonds is 12. The van der Waals surface area contributed by atoms with Crippen LogP contribution in [0.1, 0.15) is 31.6 Å². The second kappa shape index (κ2) is 16.1. The molecule has 17 heteroatoms. The van der Waals surface area contributed by atoms with Gasteiger partial charge in [0.15, 0.2) is 0 Å². The molecular weight excluding hydrogens is 682 g/mol. The molecule has 0 atom stereocenters. The summed E-state index contributed by atoms with van der Waals surface area (Å²) in [5.74, 6) is -2.85. The van der Waals surface area contributed by atoms with E-state index < -0.39 is 22.2 Å². The maximum Gasteiger partial charge on any atom is 0.490 e. The number of para-hydroxylation sites is 1. The number of carboxylic acid groups (broad SMARTS) is 1. The summed E-state index contributed by atoms with van der Waals surface area (Å²) in [6, 6.07) is 11.1. The zero-order chi connectivity index (χ0) is 34.2. The number of carbonyl (C=O) groups is 2. The number of aromatic amines is 1. The van der Waals surface area contributed by atoms with Gasteiger partial charge in [-0.2, -0.15) is 13.2 Å². The van der Waals surface area contributed by atoms with Crippen LogP contribution in [-0.2, 0) is 35.6 Å². The van der Waals surface area contributed by atoms with Crippen molar-refractivity contribution in [3.05, 3.63) is 52.9 Å². The second-order valence-electron chi connectivity index (χ2n) is 10.4. The van der Waals surface area contributed by atoms with Crippen molar-refractivity contribution in [3.63, 3.8) is 0 Å². The molecule has 0 amide bonds. The molecule has 1 aliphatic rings. The molecule has 0 aliphatic carbocycles. The summed E-state index contributed by atoms with van der Waals surface area (Å²) in [5.41, 5.74) is 2.17. The molecule has 1 fully saturated rings. The van der Waals surface area contributed by atoms with Crippen molar-refractivity contribution in [3.8, 4) is 10.7 Å². The molecule has 0 spiro atoms. The predicted molar refractivity (Wildman–Crippen MR) is 173 cm³/mol. The number of ether oxygens (including phenoxy) is 2. The first-order valence-electron chi connectivity index (χ1n) is 14.7. The Kier molecular flexibility index (Phi) is 12.4. The quantitative estimate of drug-likeness (QED) is 0.134. The fourth-order valence-electron chi connectivity index (χ4n) is 4.96. The van der Waals surface area contributed by atoms with Crippen molar-refractivity contribution < 1.29 is 45.8 Å². The molecule has 0 saturated carbocycles. The Morgan fingerprint density at radius 1 is 1.15 bits per heavy atom. The van der Waals surface area contributed by atoms with Crippen molar-refractivity contribution in [1.82, 2.24) is 14.9 Å². The number of aliphatic carboxylic acids is 1. The fraction of sp³-hybridized carbons (Fsp3) is 0.433. The van der Waals surface area contributed by atoms with E-state index in [0.717, 1.165) is 59.0 Å². The lowest BCUT2D eigenvalue weighted by Crippen LogP contribution is -2.36. The number of halogens is 3. The second-order valence-corrected chi connectivity index (χ2v) is 14.5. The van der Waals surface area contributed by atoms with Gasteiger partial charge in [-0.1, -0.05) is 18.2 Å². The molecule has 47 heavy (non-hydrogen) atoms. The fourth-order valence-corrected chi connectivity index (χ4v) is 8.45. The number of hydrogen-bond acceptors (Lipinski definition) is 10. The highest BCUT2D eigenvalue weighted by Gasteiger charge is 2.38. The first-order valence-corrected chi connectivity index (χ1v) is 17.9. The van der Waals surface area contributed by atoms with Crippen molar-refractivity contribution in [2.45, 2.75) is 43.6 Å². The molecule has 1 aromatic carbocycles. The highest BCUT2D eigenvalue weighted by Crippen LogP contribution is 2.36. The molecule has 4 aromatic rings. The molecule has 3 aromatic heterocycles. The normalized spacial score (nSPS) is 14.5. The topological polar surface area (TPSA) is 142 Å². The zero-order valence-corrected chi connectivity index (χ0v) is 28.1. The van der Waals surface area contributed by atoms with Gasteiger partial charge in [-0.25, -0.2) is 18.2 Å². The first-order chi connectivity index (χ1) is 22.3. The molecule has 5 rings (SSSR count). The third-order valence-corrected chi connectivity index (χ3v) is 11.4. The molecule has 2 N–H and O–H groups in total. The number of thiazole rings is 1. The average Bonchev–Trinajstić information content (AvgIpc) is 3.81. The molecule has 1 aliphatic heterocycles. The Morgan fingerprint density at radius 2 is 1.87 bits per heavy atom. The molecule has 256 valence electrons. The summed E-state index contributed by atoms with van der Waals surface area (Å²) in [6.45, 7) is 7.65. The van der Waals surface area contributed by atoms with Crippen LogP contribution in [0, 0.1) is 5.92 Å². The molecule has 0 bridgehead atoms. The first kappa shape index (κ1) is 36.3. The van der Waals surface area contributed by atoms with Crippen LogP contribution in [0.4, 0.5) is 18.9 Å². The maximum atomic E-state index is 13.6. The number of H-pyrrole nitrogens is 1. The molecule has 0 unspecified atom stereocenters. The number of piperidine rings is 1. The highest BCUT2D eigenvalue weighted by molar-refractivity contribution is 7.94. The summed E-state index contributed by atoms with van der Waals surface area (Å²) >= 11 is 2.82.